The largest absolute Gasteiger partial charge is 0.478 e. The highest BCUT2D eigenvalue weighted by Crippen LogP contribution is 2.19. The number of rotatable bonds is 4. The van der Waals surface area contributed by atoms with E-state index in [0.29, 0.717) is 12.5 Å². The van der Waals surface area contributed by atoms with Gasteiger partial charge in [0.2, 0.25) is 5.88 Å². The summed E-state index contributed by atoms with van der Waals surface area (Å²) in [6.45, 7) is 2.60. The van der Waals surface area contributed by atoms with Crippen molar-refractivity contribution in [3.63, 3.8) is 0 Å². The van der Waals surface area contributed by atoms with E-state index in [1.165, 1.54) is 5.56 Å². The molecule has 0 saturated heterocycles. The molecule has 1 heterocycles. The molecule has 1 aromatic heterocycles. The maximum atomic E-state index is 5.38. The molecule has 0 bridgehead atoms. The fourth-order valence-electron chi connectivity index (χ4n) is 1.07. The lowest BCUT2D eigenvalue weighted by atomic mass is 10.3. The minimum absolute atomic E-state index is 0.644. The molecular formula is C10H15BrN2O. The summed E-state index contributed by atoms with van der Waals surface area (Å²) in [4.78, 5) is 6.32. The highest BCUT2D eigenvalue weighted by Gasteiger charge is 2.03. The first-order valence-electron chi connectivity index (χ1n) is 4.54. The molecule has 0 amide bonds. The third kappa shape index (κ3) is 2.87. The van der Waals surface area contributed by atoms with Crippen molar-refractivity contribution < 1.29 is 4.74 Å². The van der Waals surface area contributed by atoms with Crippen LogP contribution in [-0.2, 0) is 5.33 Å². The van der Waals surface area contributed by atoms with Gasteiger partial charge in [-0.2, -0.15) is 4.98 Å². The average Bonchev–Trinajstić information content (AvgIpc) is 2.17. The minimum atomic E-state index is 0.644. The van der Waals surface area contributed by atoms with Crippen LogP contribution in [0, 0.1) is 0 Å². The maximum absolute atomic E-state index is 5.38. The first-order valence-corrected chi connectivity index (χ1v) is 5.66. The Morgan fingerprint density at radius 2 is 2.14 bits per heavy atom. The van der Waals surface area contributed by atoms with E-state index in [-0.39, 0.29) is 0 Å². The lowest BCUT2D eigenvalue weighted by molar-refractivity contribution is 0.327. The predicted molar refractivity (Wildman–Crippen MR) is 62.4 cm³/mol. The Morgan fingerprint density at radius 1 is 1.43 bits per heavy atom. The second kappa shape index (κ2) is 5.20. The number of alkyl halides is 1. The smallest absolute Gasteiger partial charge is 0.215 e. The van der Waals surface area contributed by atoms with Gasteiger partial charge < -0.3 is 9.64 Å². The highest BCUT2D eigenvalue weighted by atomic mass is 79.9. The summed E-state index contributed by atoms with van der Waals surface area (Å²) in [6.07, 6.45) is 0. The zero-order chi connectivity index (χ0) is 10.6. The Bertz CT molecular complexity index is 302. The number of halogens is 1. The molecule has 0 saturated carbocycles. The van der Waals surface area contributed by atoms with E-state index in [1.807, 2.05) is 38.1 Å². The van der Waals surface area contributed by atoms with Crippen LogP contribution < -0.4 is 9.64 Å². The second-order valence-electron chi connectivity index (χ2n) is 3.13. The van der Waals surface area contributed by atoms with Crippen LogP contribution in [0.1, 0.15) is 12.5 Å². The van der Waals surface area contributed by atoms with Crippen molar-refractivity contribution in [2.45, 2.75) is 12.3 Å². The normalized spacial score (nSPS) is 10.0. The Morgan fingerprint density at radius 3 is 2.64 bits per heavy atom. The SMILES string of the molecule is CCOc1cc(CBr)cc(N(C)C)n1. The van der Waals surface area contributed by atoms with Gasteiger partial charge in [0.25, 0.3) is 0 Å². The van der Waals surface area contributed by atoms with Crippen LogP contribution in [0.4, 0.5) is 5.82 Å². The molecule has 0 aliphatic carbocycles. The molecule has 3 nitrogen and oxygen atoms in total. The number of hydrogen-bond acceptors (Lipinski definition) is 3. The van der Waals surface area contributed by atoms with E-state index >= 15 is 0 Å². The third-order valence-corrected chi connectivity index (χ3v) is 2.40. The molecule has 0 spiro atoms. The Balaban J connectivity index is 3.00. The van der Waals surface area contributed by atoms with Gasteiger partial charge in [0.05, 0.1) is 6.61 Å². The number of nitrogens with zero attached hydrogens (tertiary/aromatic N) is 2. The standard InChI is InChI=1S/C10H15BrN2O/c1-4-14-10-6-8(7-11)5-9(12-10)13(2)3/h5-6H,4,7H2,1-3H3. The van der Waals surface area contributed by atoms with Crippen LogP contribution in [0.3, 0.4) is 0 Å². The van der Waals surface area contributed by atoms with Crippen molar-refractivity contribution in [1.82, 2.24) is 4.98 Å². The van der Waals surface area contributed by atoms with Gasteiger partial charge in [0.1, 0.15) is 5.82 Å². The van der Waals surface area contributed by atoms with Gasteiger partial charge in [-0.15, -0.1) is 0 Å². The van der Waals surface area contributed by atoms with Gasteiger partial charge in [0, 0.05) is 25.5 Å². The van der Waals surface area contributed by atoms with Crippen LogP contribution in [0.2, 0.25) is 0 Å². The highest BCUT2D eigenvalue weighted by molar-refractivity contribution is 9.08. The number of ether oxygens (including phenoxy) is 1. The summed E-state index contributed by atoms with van der Waals surface area (Å²) in [7, 11) is 3.94. The summed E-state index contributed by atoms with van der Waals surface area (Å²) >= 11 is 3.42. The Kier molecular flexibility index (Phi) is 4.20. The van der Waals surface area contributed by atoms with Crippen molar-refractivity contribution in [2.24, 2.45) is 0 Å². The van der Waals surface area contributed by atoms with Gasteiger partial charge in [-0.25, -0.2) is 0 Å². The maximum Gasteiger partial charge on any atom is 0.215 e. The molecular weight excluding hydrogens is 244 g/mol. The first kappa shape index (κ1) is 11.3. The molecule has 0 aromatic carbocycles. The molecule has 1 aromatic rings. The van der Waals surface area contributed by atoms with Gasteiger partial charge in [-0.05, 0) is 18.6 Å². The van der Waals surface area contributed by atoms with Crippen LogP contribution in [0.25, 0.3) is 0 Å². The Hall–Kier alpha value is -0.770. The molecule has 14 heavy (non-hydrogen) atoms. The Labute approximate surface area is 93.2 Å². The summed E-state index contributed by atoms with van der Waals surface area (Å²) in [6, 6.07) is 3.99. The molecule has 0 radical (unpaired) electrons. The van der Waals surface area contributed by atoms with E-state index in [1.54, 1.807) is 0 Å². The summed E-state index contributed by atoms with van der Waals surface area (Å²) < 4.78 is 5.38. The lowest BCUT2D eigenvalue weighted by Gasteiger charge is -2.14. The van der Waals surface area contributed by atoms with E-state index in [4.69, 9.17) is 4.74 Å². The lowest BCUT2D eigenvalue weighted by Crippen LogP contribution is -2.11. The number of pyridine rings is 1. The quantitative estimate of drug-likeness (QED) is 0.776. The fourth-order valence-corrected chi connectivity index (χ4v) is 1.40. The molecule has 0 atom stereocenters. The van der Waals surface area contributed by atoms with Crippen LogP contribution in [0.15, 0.2) is 12.1 Å². The van der Waals surface area contributed by atoms with Gasteiger partial charge in [-0.3, -0.25) is 0 Å². The number of aromatic nitrogens is 1. The van der Waals surface area contributed by atoms with E-state index in [0.717, 1.165) is 11.1 Å². The molecule has 0 unspecified atom stereocenters. The molecule has 78 valence electrons. The minimum Gasteiger partial charge on any atom is -0.478 e. The van der Waals surface area contributed by atoms with Crippen molar-refractivity contribution in [3.05, 3.63) is 17.7 Å². The molecule has 4 heteroatoms. The van der Waals surface area contributed by atoms with Gasteiger partial charge in [0.15, 0.2) is 0 Å². The van der Waals surface area contributed by atoms with E-state index < -0.39 is 0 Å². The van der Waals surface area contributed by atoms with Crippen molar-refractivity contribution >= 4 is 21.7 Å². The summed E-state index contributed by atoms with van der Waals surface area (Å²) in [5, 5.41) is 0.816. The number of anilines is 1. The fraction of sp³-hybridized carbons (Fsp3) is 0.500. The van der Waals surface area contributed by atoms with Crippen molar-refractivity contribution in [2.75, 3.05) is 25.6 Å². The van der Waals surface area contributed by atoms with E-state index in [9.17, 15) is 0 Å². The van der Waals surface area contributed by atoms with Crippen molar-refractivity contribution in [1.29, 1.82) is 0 Å². The number of hydrogen-bond donors (Lipinski definition) is 0. The molecule has 0 N–H and O–H groups in total. The molecule has 0 fully saturated rings. The van der Waals surface area contributed by atoms with Crippen LogP contribution >= 0.6 is 15.9 Å². The van der Waals surface area contributed by atoms with Crippen LogP contribution in [0.5, 0.6) is 5.88 Å². The second-order valence-corrected chi connectivity index (χ2v) is 3.69. The van der Waals surface area contributed by atoms with Gasteiger partial charge in [-0.1, -0.05) is 15.9 Å². The van der Waals surface area contributed by atoms with Crippen LogP contribution in [-0.4, -0.2) is 25.7 Å². The van der Waals surface area contributed by atoms with E-state index in [2.05, 4.69) is 20.9 Å². The first-order chi connectivity index (χ1) is 6.67. The third-order valence-electron chi connectivity index (χ3n) is 1.75. The summed E-state index contributed by atoms with van der Waals surface area (Å²) in [5.74, 6) is 1.61. The predicted octanol–water partition coefficient (Wildman–Crippen LogP) is 2.44. The average molecular weight is 259 g/mol. The molecule has 0 aliphatic rings. The topological polar surface area (TPSA) is 25.4 Å². The molecule has 1 rings (SSSR count). The van der Waals surface area contributed by atoms with Crippen molar-refractivity contribution in [3.8, 4) is 5.88 Å². The zero-order valence-corrected chi connectivity index (χ0v) is 10.3. The molecule has 0 aliphatic heterocycles. The summed E-state index contributed by atoms with van der Waals surface area (Å²) in [5.41, 5.74) is 1.17. The monoisotopic (exact) mass is 258 g/mol. The zero-order valence-electron chi connectivity index (χ0n) is 8.75. The van der Waals surface area contributed by atoms with Gasteiger partial charge >= 0.3 is 0 Å².